The van der Waals surface area contributed by atoms with Crippen LogP contribution in [-0.2, 0) is 4.74 Å². The monoisotopic (exact) mass is 310 g/mol. The molecule has 1 saturated carbocycles. The van der Waals surface area contributed by atoms with E-state index in [0.29, 0.717) is 18.1 Å². The van der Waals surface area contributed by atoms with Crippen molar-refractivity contribution in [3.8, 4) is 0 Å². The number of rotatable bonds is 7. The quantitative estimate of drug-likeness (QED) is 0.327. The molecule has 2 fully saturated rings. The third-order valence-corrected chi connectivity index (χ3v) is 4.94. The Labute approximate surface area is 135 Å². The minimum Gasteiger partial charge on any atom is -0.376 e. The van der Waals surface area contributed by atoms with Gasteiger partial charge in [-0.3, -0.25) is 9.89 Å². The number of hydrogen-bond acceptors (Lipinski definition) is 3. The number of nitrogens with zero attached hydrogens (tertiary/aromatic N) is 2. The van der Waals surface area contributed by atoms with Crippen molar-refractivity contribution >= 4 is 5.96 Å². The van der Waals surface area contributed by atoms with E-state index in [4.69, 9.17) is 10.5 Å². The maximum absolute atomic E-state index is 5.95. The molecule has 1 saturated heterocycles. The standard InChI is InChI=1S/C17H34N4O/c1-2-21-12-7-8-15(21)14-20-17(18)19-11-13-22-16-9-5-3-4-6-10-16/h15-16H,2-14H2,1H3,(H3,18,19,20). The molecule has 0 spiro atoms. The zero-order valence-electron chi connectivity index (χ0n) is 14.2. The summed E-state index contributed by atoms with van der Waals surface area (Å²) in [6.45, 7) is 6.84. The average Bonchev–Trinajstić information content (AvgIpc) is 2.83. The molecule has 0 aromatic carbocycles. The molecule has 1 unspecified atom stereocenters. The summed E-state index contributed by atoms with van der Waals surface area (Å²) in [5.74, 6) is 0.562. The highest BCUT2D eigenvalue weighted by Gasteiger charge is 2.22. The molecular formula is C17H34N4O. The van der Waals surface area contributed by atoms with Crippen molar-refractivity contribution < 1.29 is 4.74 Å². The van der Waals surface area contributed by atoms with Gasteiger partial charge in [0.05, 0.1) is 19.3 Å². The molecule has 1 heterocycles. The van der Waals surface area contributed by atoms with Gasteiger partial charge in [-0.2, -0.15) is 0 Å². The molecule has 5 heteroatoms. The Kier molecular flexibility index (Phi) is 8.02. The first-order valence-corrected chi connectivity index (χ1v) is 9.19. The summed E-state index contributed by atoms with van der Waals surface area (Å²) < 4.78 is 5.94. The van der Waals surface area contributed by atoms with Crippen LogP contribution < -0.4 is 11.1 Å². The molecular weight excluding hydrogens is 276 g/mol. The average molecular weight is 310 g/mol. The zero-order valence-corrected chi connectivity index (χ0v) is 14.2. The summed E-state index contributed by atoms with van der Waals surface area (Å²) in [5, 5.41) is 3.18. The molecule has 2 rings (SSSR count). The van der Waals surface area contributed by atoms with Gasteiger partial charge >= 0.3 is 0 Å². The third-order valence-electron chi connectivity index (χ3n) is 4.94. The predicted molar refractivity (Wildman–Crippen MR) is 92.2 cm³/mol. The lowest BCUT2D eigenvalue weighted by atomic mass is 10.1. The molecule has 0 aromatic heterocycles. The van der Waals surface area contributed by atoms with Gasteiger partial charge in [-0.05, 0) is 38.8 Å². The highest BCUT2D eigenvalue weighted by Crippen LogP contribution is 2.19. The molecule has 22 heavy (non-hydrogen) atoms. The fourth-order valence-corrected chi connectivity index (χ4v) is 3.59. The van der Waals surface area contributed by atoms with Gasteiger partial charge in [0, 0.05) is 12.6 Å². The Hall–Kier alpha value is -0.810. The normalized spacial score (nSPS) is 25.3. The number of nitrogens with one attached hydrogen (secondary N) is 1. The maximum Gasteiger partial charge on any atom is 0.188 e. The van der Waals surface area contributed by atoms with Crippen molar-refractivity contribution in [2.75, 3.05) is 32.8 Å². The highest BCUT2D eigenvalue weighted by atomic mass is 16.5. The first-order chi connectivity index (χ1) is 10.8. The molecule has 1 atom stereocenters. The molecule has 1 aliphatic heterocycles. The molecule has 128 valence electrons. The summed E-state index contributed by atoms with van der Waals surface area (Å²) in [7, 11) is 0. The van der Waals surface area contributed by atoms with Crippen LogP contribution in [0.25, 0.3) is 0 Å². The van der Waals surface area contributed by atoms with Crippen LogP contribution in [-0.4, -0.2) is 55.8 Å². The van der Waals surface area contributed by atoms with Crippen molar-refractivity contribution in [1.82, 2.24) is 10.2 Å². The van der Waals surface area contributed by atoms with E-state index in [-0.39, 0.29) is 0 Å². The van der Waals surface area contributed by atoms with Gasteiger partial charge in [0.25, 0.3) is 0 Å². The zero-order chi connectivity index (χ0) is 15.6. The second-order valence-corrected chi connectivity index (χ2v) is 6.56. The smallest absolute Gasteiger partial charge is 0.188 e. The number of nitrogens with two attached hydrogens (primary N) is 1. The van der Waals surface area contributed by atoms with Gasteiger partial charge in [-0.15, -0.1) is 0 Å². The lowest BCUT2D eigenvalue weighted by Crippen LogP contribution is -2.37. The Morgan fingerprint density at radius 1 is 1.18 bits per heavy atom. The van der Waals surface area contributed by atoms with Gasteiger partial charge < -0.3 is 15.8 Å². The van der Waals surface area contributed by atoms with Crippen molar-refractivity contribution in [1.29, 1.82) is 0 Å². The van der Waals surface area contributed by atoms with Crippen LogP contribution in [0, 0.1) is 0 Å². The highest BCUT2D eigenvalue weighted by molar-refractivity contribution is 5.77. The van der Waals surface area contributed by atoms with E-state index in [0.717, 1.165) is 26.2 Å². The lowest BCUT2D eigenvalue weighted by Gasteiger charge is -2.21. The number of aliphatic imine (C=N–C) groups is 1. The maximum atomic E-state index is 5.95. The van der Waals surface area contributed by atoms with Crippen LogP contribution >= 0.6 is 0 Å². The van der Waals surface area contributed by atoms with E-state index in [1.807, 2.05) is 0 Å². The third kappa shape index (κ3) is 6.13. The number of ether oxygens (including phenoxy) is 1. The van der Waals surface area contributed by atoms with E-state index in [1.165, 1.54) is 57.9 Å². The van der Waals surface area contributed by atoms with Crippen molar-refractivity contribution in [3.63, 3.8) is 0 Å². The molecule has 1 aliphatic carbocycles. The van der Waals surface area contributed by atoms with Crippen LogP contribution in [0.3, 0.4) is 0 Å². The fourth-order valence-electron chi connectivity index (χ4n) is 3.59. The predicted octanol–water partition coefficient (Wildman–Crippen LogP) is 2.11. The molecule has 2 aliphatic rings. The lowest BCUT2D eigenvalue weighted by molar-refractivity contribution is 0.0468. The summed E-state index contributed by atoms with van der Waals surface area (Å²) >= 11 is 0. The van der Waals surface area contributed by atoms with E-state index in [2.05, 4.69) is 22.1 Å². The molecule has 0 bridgehead atoms. The molecule has 0 radical (unpaired) electrons. The van der Waals surface area contributed by atoms with Crippen LogP contribution in [0.1, 0.15) is 58.3 Å². The van der Waals surface area contributed by atoms with Crippen LogP contribution in [0.15, 0.2) is 4.99 Å². The Morgan fingerprint density at radius 3 is 2.68 bits per heavy atom. The number of likely N-dealkylation sites (N-methyl/N-ethyl adjacent to an activating group) is 1. The summed E-state index contributed by atoms with van der Waals surface area (Å²) in [6.07, 6.45) is 10.8. The number of guanidine groups is 1. The molecule has 3 N–H and O–H groups in total. The van der Waals surface area contributed by atoms with Crippen molar-refractivity contribution in [2.24, 2.45) is 10.7 Å². The first-order valence-electron chi connectivity index (χ1n) is 9.19. The SMILES string of the molecule is CCN1CCCC1CN=C(N)NCCOC1CCCCCC1. The molecule has 0 amide bonds. The van der Waals surface area contributed by atoms with E-state index < -0.39 is 0 Å². The Morgan fingerprint density at radius 2 is 1.95 bits per heavy atom. The van der Waals surface area contributed by atoms with Gasteiger partial charge in [0.15, 0.2) is 5.96 Å². The van der Waals surface area contributed by atoms with Crippen LogP contribution in [0.4, 0.5) is 0 Å². The van der Waals surface area contributed by atoms with E-state index in [1.54, 1.807) is 0 Å². The molecule has 5 nitrogen and oxygen atoms in total. The first kappa shape index (κ1) is 17.5. The van der Waals surface area contributed by atoms with Gasteiger partial charge in [-0.25, -0.2) is 0 Å². The van der Waals surface area contributed by atoms with Crippen LogP contribution in [0.2, 0.25) is 0 Å². The van der Waals surface area contributed by atoms with Crippen molar-refractivity contribution in [3.05, 3.63) is 0 Å². The van der Waals surface area contributed by atoms with Gasteiger partial charge in [-0.1, -0.05) is 32.6 Å². The summed E-state index contributed by atoms with van der Waals surface area (Å²) in [5.41, 5.74) is 5.95. The largest absolute Gasteiger partial charge is 0.376 e. The topological polar surface area (TPSA) is 62.9 Å². The number of hydrogen-bond donors (Lipinski definition) is 2. The van der Waals surface area contributed by atoms with E-state index >= 15 is 0 Å². The summed E-state index contributed by atoms with van der Waals surface area (Å²) in [6, 6.07) is 0.576. The minimum absolute atomic E-state index is 0.457. The minimum atomic E-state index is 0.457. The van der Waals surface area contributed by atoms with Gasteiger partial charge in [0.1, 0.15) is 0 Å². The second-order valence-electron chi connectivity index (χ2n) is 6.56. The van der Waals surface area contributed by atoms with E-state index in [9.17, 15) is 0 Å². The Balaban J connectivity index is 1.56. The van der Waals surface area contributed by atoms with Crippen molar-refractivity contribution in [2.45, 2.75) is 70.4 Å². The number of likely N-dealkylation sites (tertiary alicyclic amines) is 1. The van der Waals surface area contributed by atoms with Gasteiger partial charge in [0.2, 0.25) is 0 Å². The second kappa shape index (κ2) is 10.1. The summed E-state index contributed by atoms with van der Waals surface area (Å²) in [4.78, 5) is 6.98. The molecule has 0 aromatic rings. The Bertz CT molecular complexity index is 327. The fraction of sp³-hybridized carbons (Fsp3) is 0.941. The van der Waals surface area contributed by atoms with Crippen LogP contribution in [0.5, 0.6) is 0 Å².